The highest BCUT2D eigenvalue weighted by atomic mass is 16.6. The summed E-state index contributed by atoms with van der Waals surface area (Å²) in [5.41, 5.74) is -0.569. The molecule has 0 unspecified atom stereocenters. The molecule has 0 aliphatic rings. The minimum atomic E-state index is -1.08. The largest absolute Gasteiger partial charge is 0.478 e. The highest BCUT2D eigenvalue weighted by Gasteiger charge is 2.16. The van der Waals surface area contributed by atoms with Crippen molar-refractivity contribution >= 4 is 17.9 Å². The summed E-state index contributed by atoms with van der Waals surface area (Å²) in [6, 6.07) is 2.59. The maximum atomic E-state index is 11.4. The molecule has 0 saturated carbocycles. The molecule has 0 saturated heterocycles. The van der Waals surface area contributed by atoms with E-state index in [4.69, 9.17) is 9.84 Å². The Kier molecular flexibility index (Phi) is 3.67. The van der Waals surface area contributed by atoms with Crippen LogP contribution < -0.4 is 5.32 Å². The number of hydrogen-bond donors (Lipinski definition) is 2. The number of nitrogens with zero attached hydrogens (tertiary/aromatic N) is 1. The van der Waals surface area contributed by atoms with Gasteiger partial charge in [0.1, 0.15) is 11.4 Å². The van der Waals surface area contributed by atoms with E-state index in [0.29, 0.717) is 0 Å². The van der Waals surface area contributed by atoms with Gasteiger partial charge in [-0.3, -0.25) is 5.32 Å². The minimum absolute atomic E-state index is 0.0473. The molecule has 92 valence electrons. The number of carbonyl (C=O) groups excluding carboxylic acids is 1. The smallest absolute Gasteiger partial charge is 0.413 e. The number of aromatic nitrogens is 1. The second-order valence-electron chi connectivity index (χ2n) is 4.36. The Labute approximate surface area is 98.6 Å². The van der Waals surface area contributed by atoms with Crippen LogP contribution in [-0.4, -0.2) is 27.8 Å². The molecule has 0 atom stereocenters. The Morgan fingerprint density at radius 1 is 1.41 bits per heavy atom. The van der Waals surface area contributed by atoms with E-state index in [1.54, 1.807) is 20.8 Å². The third-order valence-corrected chi connectivity index (χ3v) is 1.64. The second kappa shape index (κ2) is 4.82. The van der Waals surface area contributed by atoms with Gasteiger partial charge in [0.15, 0.2) is 0 Å². The fraction of sp³-hybridized carbons (Fsp3) is 0.364. The summed E-state index contributed by atoms with van der Waals surface area (Å²) in [4.78, 5) is 25.9. The van der Waals surface area contributed by atoms with Crippen molar-refractivity contribution in [3.63, 3.8) is 0 Å². The first-order valence-electron chi connectivity index (χ1n) is 4.97. The summed E-state index contributed by atoms with van der Waals surface area (Å²) < 4.78 is 5.00. The Bertz CT molecular complexity index is 437. The highest BCUT2D eigenvalue weighted by Crippen LogP contribution is 2.11. The first-order valence-corrected chi connectivity index (χ1v) is 4.97. The van der Waals surface area contributed by atoms with Gasteiger partial charge < -0.3 is 9.84 Å². The minimum Gasteiger partial charge on any atom is -0.478 e. The summed E-state index contributed by atoms with van der Waals surface area (Å²) in [6.07, 6.45) is 0.628. The van der Waals surface area contributed by atoms with Crippen LogP contribution in [0.5, 0.6) is 0 Å². The molecule has 1 aromatic heterocycles. The number of nitrogens with one attached hydrogen (secondary N) is 1. The van der Waals surface area contributed by atoms with Gasteiger partial charge in [-0.2, -0.15) is 0 Å². The number of anilines is 1. The molecule has 1 rings (SSSR count). The topological polar surface area (TPSA) is 88.5 Å². The van der Waals surface area contributed by atoms with Crippen molar-refractivity contribution in [1.29, 1.82) is 0 Å². The van der Waals surface area contributed by atoms with Crippen molar-refractivity contribution in [1.82, 2.24) is 4.98 Å². The van der Waals surface area contributed by atoms with Crippen LogP contribution in [0, 0.1) is 0 Å². The van der Waals surface area contributed by atoms with E-state index in [1.165, 1.54) is 18.3 Å². The van der Waals surface area contributed by atoms with E-state index in [0.717, 1.165) is 0 Å². The monoisotopic (exact) mass is 238 g/mol. The molecule has 0 aliphatic carbocycles. The van der Waals surface area contributed by atoms with Crippen LogP contribution in [-0.2, 0) is 4.74 Å². The molecule has 17 heavy (non-hydrogen) atoms. The lowest BCUT2D eigenvalue weighted by Gasteiger charge is -2.19. The maximum absolute atomic E-state index is 11.4. The van der Waals surface area contributed by atoms with Gasteiger partial charge >= 0.3 is 12.1 Å². The average Bonchev–Trinajstić information content (AvgIpc) is 2.14. The highest BCUT2D eigenvalue weighted by molar-refractivity contribution is 5.90. The van der Waals surface area contributed by atoms with E-state index < -0.39 is 17.7 Å². The van der Waals surface area contributed by atoms with E-state index in [1.807, 2.05) is 0 Å². The van der Waals surface area contributed by atoms with Gasteiger partial charge in [0, 0.05) is 6.20 Å². The molecular formula is C11H14N2O4. The van der Waals surface area contributed by atoms with Crippen molar-refractivity contribution in [3.05, 3.63) is 23.9 Å². The number of carbonyl (C=O) groups is 2. The van der Waals surface area contributed by atoms with Gasteiger partial charge in [0.25, 0.3) is 0 Å². The maximum Gasteiger partial charge on any atom is 0.413 e. The lowest BCUT2D eigenvalue weighted by atomic mass is 10.2. The number of aromatic carboxylic acids is 1. The number of hydrogen-bond acceptors (Lipinski definition) is 4. The van der Waals surface area contributed by atoms with Gasteiger partial charge in [-0.15, -0.1) is 0 Å². The SMILES string of the molecule is CC(C)(C)OC(=O)Nc1cc(C(=O)O)ccn1. The number of carboxylic acid groups (broad SMARTS) is 1. The Hall–Kier alpha value is -2.11. The van der Waals surface area contributed by atoms with Crippen LogP contribution >= 0.6 is 0 Å². The summed E-state index contributed by atoms with van der Waals surface area (Å²) in [7, 11) is 0. The van der Waals surface area contributed by atoms with E-state index >= 15 is 0 Å². The van der Waals surface area contributed by atoms with Crippen LogP contribution in [0.4, 0.5) is 10.6 Å². The first-order chi connectivity index (χ1) is 7.78. The summed E-state index contributed by atoms with van der Waals surface area (Å²) in [5, 5.41) is 11.1. The van der Waals surface area contributed by atoms with Crippen LogP contribution in [0.25, 0.3) is 0 Å². The van der Waals surface area contributed by atoms with E-state index in [9.17, 15) is 9.59 Å². The standard InChI is InChI=1S/C11H14N2O4/c1-11(2,3)17-10(16)13-8-6-7(9(14)15)4-5-12-8/h4-6H,1-3H3,(H,14,15)(H,12,13,16). The molecule has 0 spiro atoms. The molecule has 1 amide bonds. The van der Waals surface area contributed by atoms with Crippen molar-refractivity contribution in [2.45, 2.75) is 26.4 Å². The van der Waals surface area contributed by atoms with E-state index in [-0.39, 0.29) is 11.4 Å². The zero-order valence-corrected chi connectivity index (χ0v) is 9.85. The van der Waals surface area contributed by atoms with Crippen molar-refractivity contribution in [2.75, 3.05) is 5.32 Å². The lowest BCUT2D eigenvalue weighted by Crippen LogP contribution is -2.27. The molecular weight excluding hydrogens is 224 g/mol. The Morgan fingerprint density at radius 3 is 2.59 bits per heavy atom. The fourth-order valence-electron chi connectivity index (χ4n) is 1.04. The van der Waals surface area contributed by atoms with Gasteiger partial charge in [-0.05, 0) is 32.9 Å². The van der Waals surface area contributed by atoms with Gasteiger partial charge in [0.05, 0.1) is 5.56 Å². The third-order valence-electron chi connectivity index (χ3n) is 1.64. The zero-order chi connectivity index (χ0) is 13.1. The quantitative estimate of drug-likeness (QED) is 0.823. The lowest BCUT2D eigenvalue weighted by molar-refractivity contribution is 0.0632. The van der Waals surface area contributed by atoms with Gasteiger partial charge in [0.2, 0.25) is 0 Å². The zero-order valence-electron chi connectivity index (χ0n) is 9.85. The molecule has 0 radical (unpaired) electrons. The number of carboxylic acids is 1. The van der Waals surface area contributed by atoms with Crippen LogP contribution in [0.15, 0.2) is 18.3 Å². The van der Waals surface area contributed by atoms with Crippen molar-refractivity contribution in [2.24, 2.45) is 0 Å². The summed E-state index contributed by atoms with van der Waals surface area (Å²) >= 11 is 0. The van der Waals surface area contributed by atoms with Crippen molar-refractivity contribution in [3.8, 4) is 0 Å². The van der Waals surface area contributed by atoms with Crippen LogP contribution in [0.1, 0.15) is 31.1 Å². The number of rotatable bonds is 2. The molecule has 0 aliphatic heterocycles. The fourth-order valence-corrected chi connectivity index (χ4v) is 1.04. The number of pyridine rings is 1. The molecule has 1 heterocycles. The predicted molar refractivity (Wildman–Crippen MR) is 61.1 cm³/mol. The molecule has 0 aromatic carbocycles. The summed E-state index contributed by atoms with van der Waals surface area (Å²) in [6.45, 7) is 5.19. The molecule has 0 bridgehead atoms. The van der Waals surface area contributed by atoms with Crippen LogP contribution in [0.3, 0.4) is 0 Å². The molecule has 1 aromatic rings. The molecule has 0 fully saturated rings. The Balaban J connectivity index is 2.72. The third kappa shape index (κ3) is 4.50. The number of amides is 1. The van der Waals surface area contributed by atoms with Crippen LogP contribution in [0.2, 0.25) is 0 Å². The molecule has 6 heteroatoms. The first kappa shape index (κ1) is 13.0. The Morgan fingerprint density at radius 2 is 2.06 bits per heavy atom. The van der Waals surface area contributed by atoms with Gasteiger partial charge in [-0.25, -0.2) is 14.6 Å². The molecule has 6 nitrogen and oxygen atoms in total. The van der Waals surface area contributed by atoms with Crippen molar-refractivity contribution < 1.29 is 19.4 Å². The normalized spacial score (nSPS) is 10.8. The van der Waals surface area contributed by atoms with E-state index in [2.05, 4.69) is 10.3 Å². The second-order valence-corrected chi connectivity index (χ2v) is 4.36. The average molecular weight is 238 g/mol. The van der Waals surface area contributed by atoms with Gasteiger partial charge in [-0.1, -0.05) is 0 Å². The predicted octanol–water partition coefficient (Wildman–Crippen LogP) is 2.13. The molecule has 2 N–H and O–H groups in total. The number of ether oxygens (including phenoxy) is 1. The summed E-state index contributed by atoms with van der Waals surface area (Å²) in [5.74, 6) is -0.946.